The van der Waals surface area contributed by atoms with Gasteiger partial charge in [0.15, 0.2) is 0 Å². The monoisotopic (exact) mass is 298 g/mol. The highest BCUT2D eigenvalue weighted by Crippen LogP contribution is 2.16. The van der Waals surface area contributed by atoms with Crippen LogP contribution in [0.3, 0.4) is 0 Å². The van der Waals surface area contributed by atoms with Gasteiger partial charge in [-0.15, -0.1) is 0 Å². The smallest absolute Gasteiger partial charge is 0.0363 e. The fraction of sp³-hybridized carbons (Fsp3) is 0.400. The SMILES string of the molecule is CCc1ccc(N(C)C)cc1.Cc1ccc(N(C)C)cc1C. The first-order chi connectivity index (χ1) is 10.3. The predicted octanol–water partition coefficient (Wildman–Crippen LogP) is 4.68. The summed E-state index contributed by atoms with van der Waals surface area (Å²) in [6, 6.07) is 15.2. The minimum atomic E-state index is 1.12. The summed E-state index contributed by atoms with van der Waals surface area (Å²) < 4.78 is 0. The van der Waals surface area contributed by atoms with E-state index in [9.17, 15) is 0 Å². The van der Waals surface area contributed by atoms with E-state index in [2.05, 4.69) is 101 Å². The molecule has 0 aliphatic rings. The Bertz CT molecular complexity index is 569. The van der Waals surface area contributed by atoms with Crippen molar-refractivity contribution in [1.82, 2.24) is 0 Å². The molecule has 0 aliphatic carbocycles. The topological polar surface area (TPSA) is 6.48 Å². The second-order valence-electron chi connectivity index (χ2n) is 6.08. The lowest BCUT2D eigenvalue weighted by Gasteiger charge is -2.13. The van der Waals surface area contributed by atoms with Crippen molar-refractivity contribution in [2.24, 2.45) is 0 Å². The summed E-state index contributed by atoms with van der Waals surface area (Å²) in [6.45, 7) is 6.45. The maximum Gasteiger partial charge on any atom is 0.0363 e. The first-order valence-corrected chi connectivity index (χ1v) is 7.86. The fourth-order valence-electron chi connectivity index (χ4n) is 2.03. The first kappa shape index (κ1) is 18.1. The fourth-order valence-corrected chi connectivity index (χ4v) is 2.03. The Morgan fingerprint density at radius 3 is 1.59 bits per heavy atom. The standard InChI is InChI=1S/2C10H15N/c1-8-5-6-10(11(3)4)7-9(8)2;1-4-9-5-7-10(8-6-9)11(2)3/h5-7H,1-4H3;5-8H,4H2,1-3H3. The molecule has 0 N–H and O–H groups in total. The summed E-state index contributed by atoms with van der Waals surface area (Å²) in [5.74, 6) is 0. The number of nitrogens with zero attached hydrogens (tertiary/aromatic N) is 2. The zero-order chi connectivity index (χ0) is 16.7. The van der Waals surface area contributed by atoms with Crippen molar-refractivity contribution in [2.75, 3.05) is 38.0 Å². The first-order valence-electron chi connectivity index (χ1n) is 7.86. The zero-order valence-corrected chi connectivity index (χ0v) is 15.1. The molecule has 2 aromatic rings. The normalized spacial score (nSPS) is 9.77. The van der Waals surface area contributed by atoms with Crippen molar-refractivity contribution in [1.29, 1.82) is 0 Å². The van der Waals surface area contributed by atoms with E-state index in [1.165, 1.54) is 28.1 Å². The van der Waals surface area contributed by atoms with Gasteiger partial charge in [0, 0.05) is 39.6 Å². The average molecular weight is 298 g/mol. The molecule has 22 heavy (non-hydrogen) atoms. The Morgan fingerprint density at radius 2 is 1.18 bits per heavy atom. The van der Waals surface area contributed by atoms with Crippen molar-refractivity contribution in [2.45, 2.75) is 27.2 Å². The molecule has 120 valence electrons. The maximum absolute atomic E-state index is 2.20. The molecule has 2 aromatic carbocycles. The molecule has 0 radical (unpaired) electrons. The van der Waals surface area contributed by atoms with Crippen LogP contribution < -0.4 is 9.80 Å². The molecule has 0 fully saturated rings. The summed E-state index contributed by atoms with van der Waals surface area (Å²) in [5.41, 5.74) is 6.65. The molecule has 0 bridgehead atoms. The minimum Gasteiger partial charge on any atom is -0.378 e. The van der Waals surface area contributed by atoms with Gasteiger partial charge in [-0.25, -0.2) is 0 Å². The molecule has 0 heterocycles. The average Bonchev–Trinajstić information content (AvgIpc) is 2.50. The van der Waals surface area contributed by atoms with E-state index < -0.39 is 0 Å². The van der Waals surface area contributed by atoms with Crippen LogP contribution in [0.15, 0.2) is 42.5 Å². The largest absolute Gasteiger partial charge is 0.378 e. The molecule has 2 nitrogen and oxygen atoms in total. The van der Waals surface area contributed by atoms with Gasteiger partial charge in [0.1, 0.15) is 0 Å². The number of aryl methyl sites for hydroxylation is 3. The van der Waals surface area contributed by atoms with Crippen LogP contribution in [-0.2, 0) is 6.42 Å². The van der Waals surface area contributed by atoms with E-state index in [1.807, 2.05) is 0 Å². The van der Waals surface area contributed by atoms with Crippen molar-refractivity contribution < 1.29 is 0 Å². The van der Waals surface area contributed by atoms with E-state index in [0.717, 1.165) is 6.42 Å². The Morgan fingerprint density at radius 1 is 0.682 bits per heavy atom. The molecule has 0 atom stereocenters. The van der Waals surface area contributed by atoms with Gasteiger partial charge in [-0.3, -0.25) is 0 Å². The van der Waals surface area contributed by atoms with Gasteiger partial charge in [-0.05, 0) is 61.2 Å². The van der Waals surface area contributed by atoms with Gasteiger partial charge in [0.2, 0.25) is 0 Å². The maximum atomic E-state index is 2.20. The predicted molar refractivity (Wildman–Crippen MR) is 100 cm³/mol. The number of hydrogen-bond acceptors (Lipinski definition) is 2. The van der Waals surface area contributed by atoms with Gasteiger partial charge >= 0.3 is 0 Å². The highest BCUT2D eigenvalue weighted by atomic mass is 15.1. The minimum absolute atomic E-state index is 1.12. The molecule has 0 unspecified atom stereocenters. The summed E-state index contributed by atoms with van der Waals surface area (Å²) in [7, 11) is 8.23. The second-order valence-corrected chi connectivity index (χ2v) is 6.08. The van der Waals surface area contributed by atoms with Crippen molar-refractivity contribution in [3.05, 3.63) is 59.2 Å². The van der Waals surface area contributed by atoms with E-state index >= 15 is 0 Å². The van der Waals surface area contributed by atoms with Crippen molar-refractivity contribution in [3.63, 3.8) is 0 Å². The highest BCUT2D eigenvalue weighted by molar-refractivity contribution is 5.49. The van der Waals surface area contributed by atoms with Crippen LogP contribution in [0.2, 0.25) is 0 Å². The van der Waals surface area contributed by atoms with Gasteiger partial charge in [-0.2, -0.15) is 0 Å². The van der Waals surface area contributed by atoms with Crippen LogP contribution in [0, 0.1) is 13.8 Å². The highest BCUT2D eigenvalue weighted by Gasteiger charge is 1.96. The van der Waals surface area contributed by atoms with Crippen molar-refractivity contribution in [3.8, 4) is 0 Å². The van der Waals surface area contributed by atoms with Crippen LogP contribution in [0.4, 0.5) is 11.4 Å². The summed E-state index contributed by atoms with van der Waals surface area (Å²) in [6.07, 6.45) is 1.12. The number of benzene rings is 2. The van der Waals surface area contributed by atoms with E-state index in [-0.39, 0.29) is 0 Å². The lowest BCUT2D eigenvalue weighted by Crippen LogP contribution is -2.08. The van der Waals surface area contributed by atoms with Gasteiger partial charge in [0.05, 0.1) is 0 Å². The Labute approximate surface area is 136 Å². The number of hydrogen-bond donors (Lipinski definition) is 0. The third kappa shape index (κ3) is 5.44. The van der Waals surface area contributed by atoms with Crippen LogP contribution in [-0.4, -0.2) is 28.2 Å². The van der Waals surface area contributed by atoms with E-state index in [1.54, 1.807) is 0 Å². The van der Waals surface area contributed by atoms with Crippen LogP contribution in [0.1, 0.15) is 23.6 Å². The third-order valence-corrected chi connectivity index (χ3v) is 3.87. The van der Waals surface area contributed by atoms with Crippen LogP contribution >= 0.6 is 0 Å². The third-order valence-electron chi connectivity index (χ3n) is 3.87. The quantitative estimate of drug-likeness (QED) is 0.811. The molecule has 0 amide bonds. The Kier molecular flexibility index (Phi) is 6.97. The summed E-state index contributed by atoms with van der Waals surface area (Å²) in [5, 5.41) is 0. The molecule has 2 heteroatoms. The van der Waals surface area contributed by atoms with Gasteiger partial charge in [0.25, 0.3) is 0 Å². The summed E-state index contributed by atoms with van der Waals surface area (Å²) >= 11 is 0. The lowest BCUT2D eigenvalue weighted by molar-refractivity contribution is 1.11. The zero-order valence-electron chi connectivity index (χ0n) is 15.1. The van der Waals surface area contributed by atoms with E-state index in [0.29, 0.717) is 0 Å². The van der Waals surface area contributed by atoms with Crippen LogP contribution in [0.25, 0.3) is 0 Å². The summed E-state index contributed by atoms with van der Waals surface area (Å²) in [4.78, 5) is 4.23. The van der Waals surface area contributed by atoms with Gasteiger partial charge in [-0.1, -0.05) is 25.1 Å². The van der Waals surface area contributed by atoms with Gasteiger partial charge < -0.3 is 9.80 Å². The number of anilines is 2. The van der Waals surface area contributed by atoms with E-state index in [4.69, 9.17) is 0 Å². The van der Waals surface area contributed by atoms with Crippen LogP contribution in [0.5, 0.6) is 0 Å². The Balaban J connectivity index is 0.000000220. The molecular formula is C20H30N2. The molecule has 0 aromatic heterocycles. The number of rotatable bonds is 3. The molecule has 2 rings (SSSR count). The van der Waals surface area contributed by atoms with Crippen molar-refractivity contribution >= 4 is 11.4 Å². The molecule has 0 saturated carbocycles. The lowest BCUT2D eigenvalue weighted by atomic mass is 10.1. The molecule has 0 saturated heterocycles. The molecule has 0 spiro atoms. The molecular weight excluding hydrogens is 268 g/mol. The molecule has 0 aliphatic heterocycles. The Hall–Kier alpha value is -1.96. The second kappa shape index (κ2) is 8.47.